The van der Waals surface area contributed by atoms with Gasteiger partial charge in [0.05, 0.1) is 5.75 Å². The highest BCUT2D eigenvalue weighted by Gasteiger charge is 2.18. The average molecular weight is 369 g/mol. The fourth-order valence-corrected chi connectivity index (χ4v) is 4.16. The normalized spacial score (nSPS) is 11.1. The summed E-state index contributed by atoms with van der Waals surface area (Å²) in [6.45, 7) is 11.0. The molecule has 3 rings (SSSR count). The Morgan fingerprint density at radius 2 is 1.88 bits per heavy atom. The van der Waals surface area contributed by atoms with Crippen molar-refractivity contribution >= 4 is 17.5 Å². The molecule has 2 heterocycles. The standard InChI is InChI=1S/C20H24N4OS/c1-6-23-14(3)11-18(15(23)4)19(25)12-26-20-22-21-16(5)24(20)17-9-7-8-13(2)10-17/h7-11H,6,12H2,1-5H3. The van der Waals surface area contributed by atoms with Crippen molar-refractivity contribution < 1.29 is 4.79 Å². The van der Waals surface area contributed by atoms with Crippen LogP contribution < -0.4 is 0 Å². The van der Waals surface area contributed by atoms with Crippen LogP contribution >= 0.6 is 11.8 Å². The maximum atomic E-state index is 12.7. The Morgan fingerprint density at radius 3 is 2.54 bits per heavy atom. The number of benzene rings is 1. The first kappa shape index (κ1) is 18.5. The summed E-state index contributed by atoms with van der Waals surface area (Å²) in [4.78, 5) is 12.7. The van der Waals surface area contributed by atoms with Crippen molar-refractivity contribution in [2.24, 2.45) is 0 Å². The van der Waals surface area contributed by atoms with Crippen LogP contribution in [0, 0.1) is 27.7 Å². The van der Waals surface area contributed by atoms with Crippen LogP contribution in [-0.2, 0) is 6.54 Å². The molecule has 0 radical (unpaired) electrons. The minimum absolute atomic E-state index is 0.124. The van der Waals surface area contributed by atoms with E-state index in [1.54, 1.807) is 0 Å². The van der Waals surface area contributed by atoms with Crippen molar-refractivity contribution in [1.82, 2.24) is 19.3 Å². The largest absolute Gasteiger partial charge is 0.349 e. The summed E-state index contributed by atoms with van der Waals surface area (Å²) in [7, 11) is 0. The molecule has 0 aliphatic carbocycles. The molecule has 0 bridgehead atoms. The molecule has 136 valence electrons. The number of nitrogens with zero attached hydrogens (tertiary/aromatic N) is 4. The second-order valence-electron chi connectivity index (χ2n) is 6.45. The number of aryl methyl sites for hydroxylation is 3. The summed E-state index contributed by atoms with van der Waals surface area (Å²) in [6.07, 6.45) is 0. The van der Waals surface area contributed by atoms with E-state index in [4.69, 9.17) is 0 Å². The lowest BCUT2D eigenvalue weighted by molar-refractivity contribution is 0.102. The molecule has 0 unspecified atom stereocenters. The van der Waals surface area contributed by atoms with Gasteiger partial charge < -0.3 is 4.57 Å². The van der Waals surface area contributed by atoms with Crippen LogP contribution in [0.5, 0.6) is 0 Å². The van der Waals surface area contributed by atoms with Gasteiger partial charge in [0.25, 0.3) is 0 Å². The van der Waals surface area contributed by atoms with E-state index in [1.807, 2.05) is 43.5 Å². The summed E-state index contributed by atoms with van der Waals surface area (Å²) in [5, 5.41) is 9.21. The number of aromatic nitrogens is 4. The molecule has 26 heavy (non-hydrogen) atoms. The highest BCUT2D eigenvalue weighted by molar-refractivity contribution is 7.99. The maximum absolute atomic E-state index is 12.7. The predicted molar refractivity (Wildman–Crippen MR) is 105 cm³/mol. The van der Waals surface area contributed by atoms with Crippen LogP contribution in [0.4, 0.5) is 0 Å². The van der Waals surface area contributed by atoms with Crippen molar-refractivity contribution in [2.75, 3.05) is 5.75 Å². The molecule has 1 aromatic carbocycles. The summed E-state index contributed by atoms with van der Waals surface area (Å²) < 4.78 is 4.16. The highest BCUT2D eigenvalue weighted by Crippen LogP contribution is 2.24. The molecule has 0 saturated carbocycles. The van der Waals surface area contributed by atoms with Crippen LogP contribution in [-0.4, -0.2) is 30.9 Å². The lowest BCUT2D eigenvalue weighted by atomic mass is 10.2. The molecule has 0 amide bonds. The Labute approximate surface area is 158 Å². The summed E-state index contributed by atoms with van der Waals surface area (Å²) in [6, 6.07) is 10.2. The second-order valence-corrected chi connectivity index (χ2v) is 7.39. The molecule has 0 fully saturated rings. The fourth-order valence-electron chi connectivity index (χ4n) is 3.28. The van der Waals surface area contributed by atoms with Crippen molar-refractivity contribution in [2.45, 2.75) is 46.3 Å². The van der Waals surface area contributed by atoms with Crippen LogP contribution in [0.15, 0.2) is 35.5 Å². The first-order valence-corrected chi connectivity index (χ1v) is 9.72. The monoisotopic (exact) mass is 368 g/mol. The van der Waals surface area contributed by atoms with Gasteiger partial charge in [0.15, 0.2) is 10.9 Å². The van der Waals surface area contributed by atoms with E-state index < -0.39 is 0 Å². The van der Waals surface area contributed by atoms with Gasteiger partial charge in [-0.15, -0.1) is 10.2 Å². The highest BCUT2D eigenvalue weighted by atomic mass is 32.2. The van der Waals surface area contributed by atoms with Gasteiger partial charge in [0.1, 0.15) is 5.82 Å². The number of rotatable bonds is 6. The third-order valence-corrected chi connectivity index (χ3v) is 5.51. The van der Waals surface area contributed by atoms with E-state index in [-0.39, 0.29) is 5.78 Å². The van der Waals surface area contributed by atoms with Gasteiger partial charge in [-0.2, -0.15) is 0 Å². The van der Waals surface area contributed by atoms with Crippen LogP contribution in [0.3, 0.4) is 0 Å². The number of hydrogen-bond acceptors (Lipinski definition) is 4. The van der Waals surface area contributed by atoms with Crippen LogP contribution in [0.25, 0.3) is 5.69 Å². The van der Waals surface area contributed by atoms with Crippen molar-refractivity contribution in [3.63, 3.8) is 0 Å². The van der Waals surface area contributed by atoms with E-state index in [1.165, 1.54) is 17.3 Å². The van der Waals surface area contributed by atoms with Crippen LogP contribution in [0.1, 0.15) is 40.1 Å². The van der Waals surface area contributed by atoms with E-state index in [9.17, 15) is 4.79 Å². The molecule has 5 nitrogen and oxygen atoms in total. The van der Waals surface area contributed by atoms with E-state index in [0.717, 1.165) is 40.2 Å². The number of ketones is 1. The Balaban J connectivity index is 1.82. The third kappa shape index (κ3) is 3.46. The molecule has 0 spiro atoms. The van der Waals surface area contributed by atoms with Crippen molar-refractivity contribution in [1.29, 1.82) is 0 Å². The molecule has 3 aromatic rings. The van der Waals surface area contributed by atoms with Gasteiger partial charge in [-0.05, 0) is 58.4 Å². The summed E-state index contributed by atoms with van der Waals surface area (Å²) >= 11 is 1.43. The number of carbonyl (C=O) groups excluding carboxylic acids is 1. The lowest BCUT2D eigenvalue weighted by Crippen LogP contribution is -2.07. The van der Waals surface area contributed by atoms with E-state index >= 15 is 0 Å². The van der Waals surface area contributed by atoms with Crippen molar-refractivity contribution in [3.8, 4) is 5.69 Å². The molecule has 0 atom stereocenters. The van der Waals surface area contributed by atoms with Gasteiger partial charge in [0.2, 0.25) is 0 Å². The van der Waals surface area contributed by atoms with Crippen molar-refractivity contribution in [3.05, 3.63) is 58.7 Å². The lowest BCUT2D eigenvalue weighted by Gasteiger charge is -2.09. The zero-order valence-electron chi connectivity index (χ0n) is 15.9. The van der Waals surface area contributed by atoms with Gasteiger partial charge in [-0.1, -0.05) is 23.9 Å². The molecule has 0 aliphatic rings. The summed E-state index contributed by atoms with van der Waals surface area (Å²) in [5.41, 5.74) is 5.15. The van der Waals surface area contributed by atoms with Gasteiger partial charge in [-0.3, -0.25) is 9.36 Å². The topological polar surface area (TPSA) is 52.7 Å². The number of carbonyl (C=O) groups is 1. The molecular formula is C20H24N4OS. The molecule has 6 heteroatoms. The number of Topliss-reactive ketones (excluding diaryl/α,β-unsaturated/α-hetero) is 1. The van der Waals surface area contributed by atoms with E-state index in [2.05, 4.69) is 40.7 Å². The number of thioether (sulfide) groups is 1. The molecule has 0 aliphatic heterocycles. The minimum Gasteiger partial charge on any atom is -0.349 e. The zero-order valence-corrected chi connectivity index (χ0v) is 16.7. The quantitative estimate of drug-likeness (QED) is 0.481. The fraction of sp³-hybridized carbons (Fsp3) is 0.350. The predicted octanol–water partition coefficient (Wildman–Crippen LogP) is 4.30. The average Bonchev–Trinajstić information content (AvgIpc) is 3.12. The van der Waals surface area contributed by atoms with E-state index in [0.29, 0.717) is 5.75 Å². The Morgan fingerprint density at radius 1 is 1.12 bits per heavy atom. The Kier molecular flexibility index (Phi) is 5.32. The minimum atomic E-state index is 0.124. The second kappa shape index (κ2) is 7.50. The summed E-state index contributed by atoms with van der Waals surface area (Å²) in [5.74, 6) is 1.28. The zero-order chi connectivity index (χ0) is 18.8. The first-order chi connectivity index (χ1) is 12.4. The Bertz CT molecular complexity index is 955. The third-order valence-electron chi connectivity index (χ3n) is 4.58. The smallest absolute Gasteiger partial charge is 0.196 e. The Hall–Kier alpha value is -2.34. The van der Waals surface area contributed by atoms with Gasteiger partial charge in [0, 0.05) is 29.2 Å². The molecular weight excluding hydrogens is 344 g/mol. The SMILES string of the molecule is CCn1c(C)cc(C(=O)CSc2nnc(C)n2-c2cccc(C)c2)c1C. The maximum Gasteiger partial charge on any atom is 0.196 e. The molecule has 0 N–H and O–H groups in total. The van der Waals surface area contributed by atoms with Gasteiger partial charge >= 0.3 is 0 Å². The van der Waals surface area contributed by atoms with Gasteiger partial charge in [-0.25, -0.2) is 0 Å². The van der Waals surface area contributed by atoms with Crippen LogP contribution in [0.2, 0.25) is 0 Å². The first-order valence-electron chi connectivity index (χ1n) is 8.74. The molecule has 2 aromatic heterocycles. The molecule has 0 saturated heterocycles. The number of hydrogen-bond donors (Lipinski definition) is 0.